The molecule has 0 atom stereocenters. The first-order valence-electron chi connectivity index (χ1n) is 7.93. The van der Waals surface area contributed by atoms with E-state index in [1.54, 1.807) is 7.05 Å². The molecule has 0 spiro atoms. The van der Waals surface area contributed by atoms with Gasteiger partial charge in [0.05, 0.1) is 0 Å². The fourth-order valence-electron chi connectivity index (χ4n) is 2.74. The van der Waals surface area contributed by atoms with Crippen LogP contribution in [0.2, 0.25) is 0 Å². The first kappa shape index (κ1) is 17.5. The van der Waals surface area contributed by atoms with Crippen molar-refractivity contribution in [3.05, 3.63) is 29.3 Å². The van der Waals surface area contributed by atoms with Crippen molar-refractivity contribution >= 4 is 11.6 Å². The molecule has 1 amide bonds. The number of benzene rings is 1. The Labute approximate surface area is 129 Å². The summed E-state index contributed by atoms with van der Waals surface area (Å²) >= 11 is 0. The molecule has 1 rings (SSSR count). The van der Waals surface area contributed by atoms with E-state index >= 15 is 0 Å². The number of amides is 1. The summed E-state index contributed by atoms with van der Waals surface area (Å²) in [5.74, 6) is 1.28. The molecule has 0 aliphatic carbocycles. The monoisotopic (exact) mass is 290 g/mol. The number of hydrogen-bond acceptors (Lipinski definition) is 2. The summed E-state index contributed by atoms with van der Waals surface area (Å²) in [4.78, 5) is 11.9. The summed E-state index contributed by atoms with van der Waals surface area (Å²) in [6, 6.07) is 6.33. The van der Waals surface area contributed by atoms with Crippen LogP contribution in [0.5, 0.6) is 0 Å². The number of carbonyl (C=O) groups excluding carboxylic acids is 1. The summed E-state index contributed by atoms with van der Waals surface area (Å²) in [5, 5.41) is 6.35. The summed E-state index contributed by atoms with van der Waals surface area (Å²) in [6.07, 6.45) is 2.28. The molecule has 0 unspecified atom stereocenters. The Morgan fingerprint density at radius 3 is 2.14 bits per heavy atom. The van der Waals surface area contributed by atoms with Gasteiger partial charge in [-0.2, -0.15) is 0 Å². The maximum absolute atomic E-state index is 11.9. The lowest BCUT2D eigenvalue weighted by Crippen LogP contribution is -2.25. The Morgan fingerprint density at radius 1 is 1.10 bits per heavy atom. The Hall–Kier alpha value is -1.51. The first-order chi connectivity index (χ1) is 9.85. The zero-order valence-electron chi connectivity index (χ0n) is 14.3. The molecule has 3 nitrogen and oxygen atoms in total. The smallest absolute Gasteiger partial charge is 0.251 e. The van der Waals surface area contributed by atoms with Gasteiger partial charge in [0.1, 0.15) is 0 Å². The highest BCUT2D eigenvalue weighted by Crippen LogP contribution is 2.23. The van der Waals surface area contributed by atoms with Crippen LogP contribution in [-0.4, -0.2) is 19.0 Å². The Morgan fingerprint density at radius 2 is 1.67 bits per heavy atom. The molecule has 0 aliphatic rings. The van der Waals surface area contributed by atoms with Crippen molar-refractivity contribution in [3.8, 4) is 0 Å². The third-order valence-corrected chi connectivity index (χ3v) is 3.68. The van der Waals surface area contributed by atoms with Crippen molar-refractivity contribution in [2.45, 2.75) is 53.5 Å². The highest BCUT2D eigenvalue weighted by molar-refractivity contribution is 5.96. The molecule has 21 heavy (non-hydrogen) atoms. The fraction of sp³-hybridized carbons (Fsp3) is 0.611. The van der Waals surface area contributed by atoms with E-state index in [0.717, 1.165) is 29.7 Å². The topological polar surface area (TPSA) is 41.1 Å². The van der Waals surface area contributed by atoms with Gasteiger partial charge in [0.2, 0.25) is 0 Å². The van der Waals surface area contributed by atoms with Gasteiger partial charge in [-0.05, 0) is 49.3 Å². The molecule has 0 radical (unpaired) electrons. The molecule has 0 saturated heterocycles. The van der Waals surface area contributed by atoms with Crippen LogP contribution in [0.1, 0.15) is 56.5 Å². The van der Waals surface area contributed by atoms with Crippen molar-refractivity contribution in [2.24, 2.45) is 11.8 Å². The predicted molar refractivity (Wildman–Crippen MR) is 90.9 cm³/mol. The van der Waals surface area contributed by atoms with Crippen molar-refractivity contribution in [3.63, 3.8) is 0 Å². The van der Waals surface area contributed by atoms with Crippen LogP contribution in [-0.2, 0) is 0 Å². The molecule has 2 N–H and O–H groups in total. The Kier molecular flexibility index (Phi) is 6.73. The lowest BCUT2D eigenvalue weighted by atomic mass is 9.94. The summed E-state index contributed by atoms with van der Waals surface area (Å²) in [7, 11) is 1.67. The highest BCUT2D eigenvalue weighted by Gasteiger charge is 2.16. The minimum absolute atomic E-state index is 0.0274. The molecule has 0 aromatic heterocycles. The van der Waals surface area contributed by atoms with Crippen LogP contribution in [0.4, 0.5) is 5.69 Å². The number of nitrogens with one attached hydrogen (secondary N) is 2. The number of hydrogen-bond donors (Lipinski definition) is 2. The second kappa shape index (κ2) is 8.06. The normalized spacial score (nSPS) is 11.3. The SMILES string of the molecule is CNC(=O)c1cccc(NC(CC(C)C)CC(C)C)c1C. The zero-order chi connectivity index (χ0) is 16.0. The van der Waals surface area contributed by atoms with E-state index in [-0.39, 0.29) is 5.91 Å². The van der Waals surface area contributed by atoms with E-state index < -0.39 is 0 Å². The summed E-state index contributed by atoms with van der Waals surface area (Å²) in [6.45, 7) is 11.0. The minimum Gasteiger partial charge on any atom is -0.382 e. The summed E-state index contributed by atoms with van der Waals surface area (Å²) < 4.78 is 0. The molecule has 118 valence electrons. The van der Waals surface area contributed by atoms with E-state index in [0.29, 0.717) is 17.9 Å². The van der Waals surface area contributed by atoms with Gasteiger partial charge >= 0.3 is 0 Å². The maximum atomic E-state index is 11.9. The third kappa shape index (κ3) is 5.41. The molecule has 3 heteroatoms. The van der Waals surface area contributed by atoms with Gasteiger partial charge in [0, 0.05) is 24.3 Å². The van der Waals surface area contributed by atoms with Gasteiger partial charge < -0.3 is 10.6 Å². The van der Waals surface area contributed by atoms with Crippen LogP contribution >= 0.6 is 0 Å². The van der Waals surface area contributed by atoms with Gasteiger partial charge in [-0.15, -0.1) is 0 Å². The third-order valence-electron chi connectivity index (χ3n) is 3.68. The number of rotatable bonds is 7. The Bertz CT molecular complexity index is 456. The standard InChI is InChI=1S/C18H30N2O/c1-12(2)10-15(11-13(3)4)20-17-9-7-8-16(14(17)5)18(21)19-6/h7-9,12-13,15,20H,10-11H2,1-6H3,(H,19,21). The number of carbonyl (C=O) groups is 1. The average molecular weight is 290 g/mol. The molecule has 0 saturated carbocycles. The lowest BCUT2D eigenvalue weighted by Gasteiger charge is -2.25. The molecule has 0 aliphatic heterocycles. The Balaban J connectivity index is 2.95. The molecule has 1 aromatic carbocycles. The number of anilines is 1. The molecule has 0 heterocycles. The van der Waals surface area contributed by atoms with Gasteiger partial charge in [-0.3, -0.25) is 4.79 Å². The second-order valence-corrected chi connectivity index (χ2v) is 6.66. The van der Waals surface area contributed by atoms with Crippen LogP contribution in [0.25, 0.3) is 0 Å². The highest BCUT2D eigenvalue weighted by atomic mass is 16.1. The quantitative estimate of drug-likeness (QED) is 0.789. The second-order valence-electron chi connectivity index (χ2n) is 6.66. The summed E-state index contributed by atoms with van der Waals surface area (Å²) in [5.41, 5.74) is 2.84. The van der Waals surface area contributed by atoms with Gasteiger partial charge in [0.25, 0.3) is 5.91 Å². The van der Waals surface area contributed by atoms with E-state index in [4.69, 9.17) is 0 Å². The van der Waals surface area contributed by atoms with E-state index in [9.17, 15) is 4.79 Å². The van der Waals surface area contributed by atoms with E-state index in [1.807, 2.05) is 19.1 Å². The van der Waals surface area contributed by atoms with Crippen molar-refractivity contribution in [1.29, 1.82) is 0 Å². The van der Waals surface area contributed by atoms with Crippen LogP contribution < -0.4 is 10.6 Å². The van der Waals surface area contributed by atoms with Crippen LogP contribution in [0.3, 0.4) is 0 Å². The van der Waals surface area contributed by atoms with Crippen molar-refractivity contribution in [2.75, 3.05) is 12.4 Å². The van der Waals surface area contributed by atoms with Crippen molar-refractivity contribution < 1.29 is 4.79 Å². The van der Waals surface area contributed by atoms with Crippen LogP contribution in [0.15, 0.2) is 18.2 Å². The van der Waals surface area contributed by atoms with Gasteiger partial charge in [-0.1, -0.05) is 33.8 Å². The molecule has 0 bridgehead atoms. The average Bonchev–Trinajstić information content (AvgIpc) is 2.38. The first-order valence-corrected chi connectivity index (χ1v) is 7.93. The van der Waals surface area contributed by atoms with Gasteiger partial charge in [0.15, 0.2) is 0 Å². The largest absolute Gasteiger partial charge is 0.382 e. The maximum Gasteiger partial charge on any atom is 0.251 e. The predicted octanol–water partition coefficient (Wildman–Crippen LogP) is 4.23. The van der Waals surface area contributed by atoms with Crippen molar-refractivity contribution in [1.82, 2.24) is 5.32 Å². The zero-order valence-corrected chi connectivity index (χ0v) is 14.3. The molecular formula is C18H30N2O. The van der Waals surface area contributed by atoms with Gasteiger partial charge in [-0.25, -0.2) is 0 Å². The molecular weight excluding hydrogens is 260 g/mol. The lowest BCUT2D eigenvalue weighted by molar-refractivity contribution is 0.0962. The molecule has 1 aromatic rings. The fourth-order valence-corrected chi connectivity index (χ4v) is 2.74. The van der Waals surface area contributed by atoms with Crippen LogP contribution in [0, 0.1) is 18.8 Å². The van der Waals surface area contributed by atoms with E-state index in [2.05, 4.69) is 44.4 Å². The minimum atomic E-state index is -0.0274. The molecule has 0 fully saturated rings. The van der Waals surface area contributed by atoms with E-state index in [1.165, 1.54) is 0 Å².